The Kier molecular flexibility index (Phi) is 4.20. The molecule has 0 radical (unpaired) electrons. The fourth-order valence-corrected chi connectivity index (χ4v) is 3.48. The molecule has 0 bridgehead atoms. The fourth-order valence-electron chi connectivity index (χ4n) is 1.41. The summed E-state index contributed by atoms with van der Waals surface area (Å²) in [7, 11) is 0. The first-order valence-corrected chi connectivity index (χ1v) is 7.61. The van der Waals surface area contributed by atoms with E-state index in [-0.39, 0.29) is 11.5 Å². The molecule has 6 nitrogen and oxygen atoms in total. The molecule has 0 aromatic carbocycles. The van der Waals surface area contributed by atoms with Crippen LogP contribution in [0.15, 0.2) is 10.9 Å². The highest BCUT2D eigenvalue weighted by Gasteiger charge is 2.12. The second kappa shape index (κ2) is 5.70. The number of carbonyl (C=O) groups is 1. The first kappa shape index (κ1) is 14.0. The third kappa shape index (κ3) is 3.32. The molecule has 0 aliphatic rings. The van der Waals surface area contributed by atoms with Crippen LogP contribution in [0.25, 0.3) is 4.96 Å². The zero-order chi connectivity index (χ0) is 14.0. The highest BCUT2D eigenvalue weighted by atomic mass is 32.2. The van der Waals surface area contributed by atoms with Gasteiger partial charge in [-0.15, -0.1) is 0 Å². The molecule has 1 atom stereocenters. The van der Waals surface area contributed by atoms with Gasteiger partial charge in [-0.1, -0.05) is 18.3 Å². The molecule has 2 aromatic heterocycles. The minimum Gasteiger partial charge on any atom is -0.481 e. The molecule has 1 N–H and O–H groups in total. The van der Waals surface area contributed by atoms with E-state index in [1.807, 2.05) is 0 Å². The predicted octanol–water partition coefficient (Wildman–Crippen LogP) is 1.41. The number of thioether (sulfide) groups is 1. The maximum Gasteiger partial charge on any atom is 0.307 e. The maximum absolute atomic E-state index is 11.7. The summed E-state index contributed by atoms with van der Waals surface area (Å²) in [6, 6.07) is 1.44. The molecule has 0 aliphatic heterocycles. The van der Waals surface area contributed by atoms with Crippen LogP contribution in [0.2, 0.25) is 0 Å². The second-order valence-corrected chi connectivity index (χ2v) is 6.25. The normalized spacial score (nSPS) is 12.7. The molecule has 2 aromatic rings. The smallest absolute Gasteiger partial charge is 0.307 e. The highest BCUT2D eigenvalue weighted by molar-refractivity contribution is 7.98. The summed E-state index contributed by atoms with van der Waals surface area (Å²) in [6.07, 6.45) is 0. The largest absolute Gasteiger partial charge is 0.481 e. The summed E-state index contributed by atoms with van der Waals surface area (Å²) in [4.78, 5) is 27.2. The predicted molar refractivity (Wildman–Crippen MR) is 74.8 cm³/mol. The monoisotopic (exact) mass is 299 g/mol. The number of hydrogen-bond acceptors (Lipinski definition) is 6. The Morgan fingerprint density at radius 3 is 3.05 bits per heavy atom. The van der Waals surface area contributed by atoms with Crippen LogP contribution in [0.5, 0.6) is 0 Å². The molecule has 0 saturated carbocycles. The Bertz CT molecular complexity index is 665. The van der Waals surface area contributed by atoms with E-state index >= 15 is 0 Å². The van der Waals surface area contributed by atoms with Crippen molar-refractivity contribution in [2.24, 2.45) is 5.92 Å². The SMILES string of the molecule is Cc1cc(=O)n2nc(CSCC(C)C(=O)O)sc2n1. The van der Waals surface area contributed by atoms with Crippen LogP contribution in [-0.2, 0) is 10.5 Å². The summed E-state index contributed by atoms with van der Waals surface area (Å²) >= 11 is 2.85. The molecule has 1 unspecified atom stereocenters. The number of carboxylic acids is 1. The van der Waals surface area contributed by atoms with Crippen LogP contribution < -0.4 is 5.56 Å². The Morgan fingerprint density at radius 2 is 2.37 bits per heavy atom. The molecular formula is C11H13N3O3S2. The van der Waals surface area contributed by atoms with Crippen molar-refractivity contribution in [2.45, 2.75) is 19.6 Å². The number of fused-ring (bicyclic) bond motifs is 1. The Labute approximate surface area is 117 Å². The van der Waals surface area contributed by atoms with Gasteiger partial charge in [0, 0.05) is 23.3 Å². The molecule has 0 aliphatic carbocycles. The van der Waals surface area contributed by atoms with Gasteiger partial charge in [0.25, 0.3) is 5.56 Å². The minimum atomic E-state index is -0.801. The van der Waals surface area contributed by atoms with Crippen LogP contribution >= 0.6 is 23.1 Å². The molecule has 0 saturated heterocycles. The van der Waals surface area contributed by atoms with E-state index in [1.165, 1.54) is 33.7 Å². The van der Waals surface area contributed by atoms with Crippen LogP contribution in [0.3, 0.4) is 0 Å². The van der Waals surface area contributed by atoms with E-state index < -0.39 is 5.97 Å². The van der Waals surface area contributed by atoms with Crippen molar-refractivity contribution in [3.05, 3.63) is 27.1 Å². The molecule has 2 rings (SSSR count). The lowest BCUT2D eigenvalue weighted by atomic mass is 10.2. The first-order chi connectivity index (χ1) is 8.97. The number of rotatable bonds is 5. The first-order valence-electron chi connectivity index (χ1n) is 5.64. The molecular weight excluding hydrogens is 286 g/mol. The van der Waals surface area contributed by atoms with Crippen molar-refractivity contribution < 1.29 is 9.90 Å². The number of hydrogen-bond donors (Lipinski definition) is 1. The standard InChI is InChI=1S/C11H13N3O3S2/c1-6(10(16)17)4-18-5-8-13-14-9(15)3-7(2)12-11(14)19-8/h3,6H,4-5H2,1-2H3,(H,16,17). The van der Waals surface area contributed by atoms with Crippen molar-refractivity contribution in [1.29, 1.82) is 0 Å². The van der Waals surface area contributed by atoms with Gasteiger partial charge < -0.3 is 5.11 Å². The molecule has 102 valence electrons. The molecule has 0 amide bonds. The summed E-state index contributed by atoms with van der Waals surface area (Å²) in [6.45, 7) is 3.44. The summed E-state index contributed by atoms with van der Waals surface area (Å²) in [5.74, 6) is -0.0794. The average Bonchev–Trinajstić information content (AvgIpc) is 2.71. The van der Waals surface area contributed by atoms with Gasteiger partial charge in [0.05, 0.1) is 5.92 Å². The van der Waals surface area contributed by atoms with Crippen molar-refractivity contribution in [3.63, 3.8) is 0 Å². The Hall–Kier alpha value is -1.41. The van der Waals surface area contributed by atoms with Crippen molar-refractivity contribution in [1.82, 2.24) is 14.6 Å². The van der Waals surface area contributed by atoms with Crippen molar-refractivity contribution in [2.75, 3.05) is 5.75 Å². The Morgan fingerprint density at radius 1 is 1.63 bits per heavy atom. The van der Waals surface area contributed by atoms with Gasteiger partial charge in [0.15, 0.2) is 0 Å². The van der Waals surface area contributed by atoms with Gasteiger partial charge in [-0.25, -0.2) is 4.98 Å². The highest BCUT2D eigenvalue weighted by Crippen LogP contribution is 2.19. The van der Waals surface area contributed by atoms with Crippen molar-refractivity contribution in [3.8, 4) is 0 Å². The lowest BCUT2D eigenvalue weighted by Gasteiger charge is -2.03. The molecule has 2 heterocycles. The maximum atomic E-state index is 11.7. The van der Waals surface area contributed by atoms with Gasteiger partial charge in [0.2, 0.25) is 4.96 Å². The number of carboxylic acid groups (broad SMARTS) is 1. The van der Waals surface area contributed by atoms with Gasteiger partial charge in [-0.05, 0) is 6.92 Å². The number of aliphatic carboxylic acids is 1. The van der Waals surface area contributed by atoms with Gasteiger partial charge in [-0.2, -0.15) is 21.4 Å². The molecule has 8 heteroatoms. The number of aromatic nitrogens is 3. The van der Waals surface area contributed by atoms with Crippen LogP contribution in [0.1, 0.15) is 17.6 Å². The van der Waals surface area contributed by atoms with E-state index in [4.69, 9.17) is 5.11 Å². The molecule has 0 fully saturated rings. The van der Waals surface area contributed by atoms with Crippen LogP contribution in [0.4, 0.5) is 0 Å². The van der Waals surface area contributed by atoms with Gasteiger partial charge >= 0.3 is 5.97 Å². The fraction of sp³-hybridized carbons (Fsp3) is 0.455. The van der Waals surface area contributed by atoms with Crippen LogP contribution in [0, 0.1) is 12.8 Å². The zero-order valence-corrected chi connectivity index (χ0v) is 12.1. The second-order valence-electron chi connectivity index (χ2n) is 4.18. The third-order valence-corrected chi connectivity index (χ3v) is 4.73. The van der Waals surface area contributed by atoms with Crippen molar-refractivity contribution >= 4 is 34.0 Å². The lowest BCUT2D eigenvalue weighted by molar-refractivity contribution is -0.140. The minimum absolute atomic E-state index is 0.186. The average molecular weight is 299 g/mol. The van der Waals surface area contributed by atoms with E-state index in [0.717, 1.165) is 5.01 Å². The Balaban J connectivity index is 2.08. The lowest BCUT2D eigenvalue weighted by Crippen LogP contribution is -2.14. The summed E-state index contributed by atoms with van der Waals surface area (Å²) in [5, 5.41) is 13.7. The van der Waals surface area contributed by atoms with E-state index in [1.54, 1.807) is 13.8 Å². The molecule has 0 spiro atoms. The topological polar surface area (TPSA) is 84.6 Å². The van der Waals surface area contributed by atoms with E-state index in [0.29, 0.717) is 22.2 Å². The summed E-state index contributed by atoms with van der Waals surface area (Å²) < 4.78 is 1.29. The van der Waals surface area contributed by atoms with E-state index in [9.17, 15) is 9.59 Å². The van der Waals surface area contributed by atoms with E-state index in [2.05, 4.69) is 10.1 Å². The summed E-state index contributed by atoms with van der Waals surface area (Å²) in [5.41, 5.74) is 0.487. The number of nitrogens with zero attached hydrogens (tertiary/aromatic N) is 3. The molecule has 19 heavy (non-hydrogen) atoms. The quantitative estimate of drug-likeness (QED) is 0.898. The third-order valence-electron chi connectivity index (χ3n) is 2.43. The van der Waals surface area contributed by atoms with Gasteiger partial charge in [-0.3, -0.25) is 9.59 Å². The van der Waals surface area contributed by atoms with Crippen LogP contribution in [-0.4, -0.2) is 31.4 Å². The zero-order valence-electron chi connectivity index (χ0n) is 10.5. The number of aryl methyl sites for hydroxylation is 1. The van der Waals surface area contributed by atoms with Gasteiger partial charge in [0.1, 0.15) is 5.01 Å².